The van der Waals surface area contributed by atoms with Crippen LogP contribution in [0.1, 0.15) is 284 Å². The Kier molecular flexibility index (Phi) is 50.8. The molecule has 0 aromatic heterocycles. The van der Waals surface area contributed by atoms with Gasteiger partial charge in [-0.2, -0.15) is 0 Å². The minimum atomic E-state index is -0.784. The molecule has 0 aliphatic heterocycles. The highest BCUT2D eigenvalue weighted by Gasteiger charge is 2.19. The average Bonchev–Trinajstić information content (AvgIpc) is 3.29. The third-order valence-corrected chi connectivity index (χ3v) is 12.0. The van der Waals surface area contributed by atoms with Crippen LogP contribution in [0.4, 0.5) is 0 Å². The van der Waals surface area contributed by atoms with E-state index in [0.717, 1.165) is 89.9 Å². The smallest absolute Gasteiger partial charge is 0.306 e. The Morgan fingerprint density at radius 3 is 0.906 bits per heavy atom. The molecule has 0 saturated carbocycles. The molecule has 0 rings (SSSR count). The number of allylic oxidation sites excluding steroid dienone is 8. The van der Waals surface area contributed by atoms with E-state index in [4.69, 9.17) is 14.2 Å². The quantitative estimate of drug-likeness (QED) is 0.0262. The van der Waals surface area contributed by atoms with Crippen molar-refractivity contribution in [3.05, 3.63) is 48.6 Å². The summed E-state index contributed by atoms with van der Waals surface area (Å²) in [7, 11) is 0. The zero-order valence-electron chi connectivity index (χ0n) is 42.6. The van der Waals surface area contributed by atoms with Gasteiger partial charge < -0.3 is 14.2 Å². The minimum absolute atomic E-state index is 0.0826. The van der Waals surface area contributed by atoms with Crippen LogP contribution in [0.3, 0.4) is 0 Å². The standard InChI is InChI=1S/C58H104O6/c1-4-7-10-13-16-19-22-25-28-29-31-33-36-39-42-45-48-51-57(60)63-54-55(53-62-56(59)50-47-44-41-38-35-32-27-24-21-18-15-12-9-6-3)64-58(61)52-49-46-43-40-37-34-30-26-23-20-17-14-11-8-5-2/h17,20,24-28,30,55H,4-16,18-19,21-23,29,31-54H2,1-3H3/b20-17+,27-24+,28-25+,30-26+/t55-/m1/s1. The van der Waals surface area contributed by atoms with Crippen molar-refractivity contribution in [3.63, 3.8) is 0 Å². The third kappa shape index (κ3) is 50.4. The van der Waals surface area contributed by atoms with Gasteiger partial charge in [-0.3, -0.25) is 14.4 Å². The van der Waals surface area contributed by atoms with Gasteiger partial charge in [0.1, 0.15) is 13.2 Å². The van der Waals surface area contributed by atoms with Crippen molar-refractivity contribution in [2.45, 2.75) is 290 Å². The summed E-state index contributed by atoms with van der Waals surface area (Å²) in [6, 6.07) is 0. The SMILES string of the molecule is CCCCC/C=C/C/C=C/CCCCCCCC(=O)O[C@H](COC(=O)CCCCCCC/C=C/CCCCCCC)COC(=O)CCCCCCCCC/C=C/CCCCCCCC. The predicted molar refractivity (Wildman–Crippen MR) is 275 cm³/mol. The van der Waals surface area contributed by atoms with Crippen LogP contribution < -0.4 is 0 Å². The van der Waals surface area contributed by atoms with Crippen molar-refractivity contribution >= 4 is 17.9 Å². The van der Waals surface area contributed by atoms with Gasteiger partial charge in [0, 0.05) is 19.3 Å². The molecule has 0 aromatic rings. The molecule has 6 heteroatoms. The van der Waals surface area contributed by atoms with E-state index in [-0.39, 0.29) is 31.1 Å². The zero-order valence-corrected chi connectivity index (χ0v) is 42.6. The summed E-state index contributed by atoms with van der Waals surface area (Å²) in [6.45, 7) is 6.60. The molecule has 0 radical (unpaired) electrons. The molecule has 0 amide bonds. The lowest BCUT2D eigenvalue weighted by atomic mass is 10.1. The van der Waals surface area contributed by atoms with Crippen molar-refractivity contribution in [2.24, 2.45) is 0 Å². The molecule has 372 valence electrons. The maximum absolute atomic E-state index is 12.8. The number of carbonyl (C=O) groups is 3. The summed E-state index contributed by atoms with van der Waals surface area (Å²) in [5, 5.41) is 0. The number of hydrogen-bond donors (Lipinski definition) is 0. The Morgan fingerprint density at radius 2 is 0.562 bits per heavy atom. The molecule has 0 saturated heterocycles. The van der Waals surface area contributed by atoms with Crippen molar-refractivity contribution in [1.29, 1.82) is 0 Å². The lowest BCUT2D eigenvalue weighted by Gasteiger charge is -2.18. The van der Waals surface area contributed by atoms with Gasteiger partial charge in [-0.1, -0.05) is 211 Å². The summed E-state index contributed by atoms with van der Waals surface area (Å²) in [6.07, 6.45) is 63.8. The summed E-state index contributed by atoms with van der Waals surface area (Å²) < 4.78 is 16.8. The molecular weight excluding hydrogens is 793 g/mol. The van der Waals surface area contributed by atoms with Gasteiger partial charge in [-0.25, -0.2) is 0 Å². The first-order valence-corrected chi connectivity index (χ1v) is 27.6. The average molecular weight is 897 g/mol. The molecule has 0 N–H and O–H groups in total. The third-order valence-electron chi connectivity index (χ3n) is 12.0. The number of esters is 3. The minimum Gasteiger partial charge on any atom is -0.462 e. The van der Waals surface area contributed by atoms with Crippen LogP contribution in [-0.2, 0) is 28.6 Å². The van der Waals surface area contributed by atoms with Crippen molar-refractivity contribution in [3.8, 4) is 0 Å². The van der Waals surface area contributed by atoms with Gasteiger partial charge >= 0.3 is 17.9 Å². The fourth-order valence-electron chi connectivity index (χ4n) is 7.81. The molecule has 0 aromatic carbocycles. The van der Waals surface area contributed by atoms with Crippen molar-refractivity contribution in [1.82, 2.24) is 0 Å². The Morgan fingerprint density at radius 1 is 0.312 bits per heavy atom. The highest BCUT2D eigenvalue weighted by atomic mass is 16.6. The topological polar surface area (TPSA) is 78.9 Å². The van der Waals surface area contributed by atoms with E-state index >= 15 is 0 Å². The molecule has 0 heterocycles. The Hall–Kier alpha value is -2.63. The van der Waals surface area contributed by atoms with Crippen molar-refractivity contribution < 1.29 is 28.6 Å². The first kappa shape index (κ1) is 61.4. The van der Waals surface area contributed by atoms with Crippen LogP contribution in [0, 0.1) is 0 Å². The normalized spacial score (nSPS) is 12.4. The summed E-state index contributed by atoms with van der Waals surface area (Å²) in [5.41, 5.74) is 0. The lowest BCUT2D eigenvalue weighted by molar-refractivity contribution is -0.167. The summed E-state index contributed by atoms with van der Waals surface area (Å²) >= 11 is 0. The largest absolute Gasteiger partial charge is 0.462 e. The van der Waals surface area contributed by atoms with Gasteiger partial charge in [0.05, 0.1) is 0 Å². The molecule has 0 aliphatic rings. The lowest BCUT2D eigenvalue weighted by Crippen LogP contribution is -2.30. The van der Waals surface area contributed by atoms with Gasteiger partial charge in [0.25, 0.3) is 0 Å². The van der Waals surface area contributed by atoms with E-state index in [1.165, 1.54) is 154 Å². The van der Waals surface area contributed by atoms with E-state index < -0.39 is 6.10 Å². The fourth-order valence-corrected chi connectivity index (χ4v) is 7.81. The van der Waals surface area contributed by atoms with Crippen LogP contribution in [0.15, 0.2) is 48.6 Å². The van der Waals surface area contributed by atoms with E-state index in [0.29, 0.717) is 19.3 Å². The van der Waals surface area contributed by atoms with Gasteiger partial charge in [-0.15, -0.1) is 0 Å². The second kappa shape index (κ2) is 53.0. The van der Waals surface area contributed by atoms with E-state index in [1.807, 2.05) is 0 Å². The maximum atomic E-state index is 12.8. The number of rotatable bonds is 50. The molecule has 0 fully saturated rings. The van der Waals surface area contributed by atoms with Crippen LogP contribution in [-0.4, -0.2) is 37.2 Å². The fraction of sp³-hybridized carbons (Fsp3) is 0.810. The Balaban J connectivity index is 4.40. The molecule has 64 heavy (non-hydrogen) atoms. The number of unbranched alkanes of at least 4 members (excludes halogenated alkanes) is 31. The molecule has 0 bridgehead atoms. The first-order chi connectivity index (χ1) is 31.5. The monoisotopic (exact) mass is 897 g/mol. The van der Waals surface area contributed by atoms with Gasteiger partial charge in [0.15, 0.2) is 6.10 Å². The zero-order chi connectivity index (χ0) is 46.5. The molecule has 6 nitrogen and oxygen atoms in total. The highest BCUT2D eigenvalue weighted by molar-refractivity contribution is 5.71. The Bertz CT molecular complexity index is 1120. The van der Waals surface area contributed by atoms with Crippen LogP contribution >= 0.6 is 0 Å². The van der Waals surface area contributed by atoms with E-state index in [2.05, 4.69) is 69.4 Å². The maximum Gasteiger partial charge on any atom is 0.306 e. The molecule has 0 aliphatic carbocycles. The summed E-state index contributed by atoms with van der Waals surface area (Å²) in [4.78, 5) is 38.1. The summed E-state index contributed by atoms with van der Waals surface area (Å²) in [5.74, 6) is -0.900. The highest BCUT2D eigenvalue weighted by Crippen LogP contribution is 2.15. The second-order valence-electron chi connectivity index (χ2n) is 18.5. The number of ether oxygens (including phenoxy) is 3. The molecular formula is C58H104O6. The molecule has 0 spiro atoms. The van der Waals surface area contributed by atoms with E-state index in [1.54, 1.807) is 0 Å². The first-order valence-electron chi connectivity index (χ1n) is 27.6. The van der Waals surface area contributed by atoms with Crippen LogP contribution in [0.2, 0.25) is 0 Å². The second-order valence-corrected chi connectivity index (χ2v) is 18.5. The van der Waals surface area contributed by atoms with Crippen molar-refractivity contribution in [2.75, 3.05) is 13.2 Å². The van der Waals surface area contributed by atoms with Crippen LogP contribution in [0.5, 0.6) is 0 Å². The van der Waals surface area contributed by atoms with Gasteiger partial charge in [-0.05, 0) is 103 Å². The van der Waals surface area contributed by atoms with Crippen LogP contribution in [0.25, 0.3) is 0 Å². The molecule has 0 unspecified atom stereocenters. The Labute approximate surface area is 397 Å². The van der Waals surface area contributed by atoms with Gasteiger partial charge in [0.2, 0.25) is 0 Å². The predicted octanol–water partition coefficient (Wildman–Crippen LogP) is 18.3. The number of carbonyl (C=O) groups excluding carboxylic acids is 3. The number of hydrogen-bond acceptors (Lipinski definition) is 6. The molecule has 1 atom stereocenters. The van der Waals surface area contributed by atoms with E-state index in [9.17, 15) is 14.4 Å².